The van der Waals surface area contributed by atoms with E-state index < -0.39 is 15.8 Å². The fourth-order valence-electron chi connectivity index (χ4n) is 3.77. The molecule has 1 N–H and O–H groups in total. The fourth-order valence-corrected chi connectivity index (χ4v) is 5.04. The normalized spacial score (nSPS) is 20.3. The van der Waals surface area contributed by atoms with Crippen LogP contribution in [-0.4, -0.2) is 52.2 Å². The minimum atomic E-state index is -3.62. The van der Waals surface area contributed by atoms with E-state index in [2.05, 4.69) is 9.62 Å². The molecular weight excluding hydrogens is 431 g/mol. The number of likely N-dealkylation sites (tertiary alicyclic amines) is 1. The first-order valence-electron chi connectivity index (χ1n) is 9.96. The molecule has 0 saturated carbocycles. The first-order chi connectivity index (χ1) is 14.4. The number of piperidine rings is 1. The largest absolute Gasteiger partial charge is 0.486 e. The number of nitrogens with one attached hydrogen (secondary N) is 1. The molecule has 0 bridgehead atoms. The smallest absolute Gasteiger partial charge is 0.240 e. The molecule has 6 nitrogen and oxygen atoms in total. The fraction of sp³-hybridized carbons (Fsp3) is 0.429. The van der Waals surface area contributed by atoms with Crippen molar-refractivity contribution in [3.63, 3.8) is 0 Å². The van der Waals surface area contributed by atoms with Crippen molar-refractivity contribution >= 4 is 21.6 Å². The van der Waals surface area contributed by atoms with Gasteiger partial charge in [0.2, 0.25) is 10.0 Å². The van der Waals surface area contributed by atoms with Gasteiger partial charge in [-0.05, 0) is 68.2 Å². The van der Waals surface area contributed by atoms with E-state index in [9.17, 15) is 12.8 Å². The Labute approximate surface area is 181 Å². The van der Waals surface area contributed by atoms with Crippen LogP contribution in [0.15, 0.2) is 47.4 Å². The molecule has 2 aromatic carbocycles. The summed E-state index contributed by atoms with van der Waals surface area (Å²) in [6.07, 6.45) is 1.72. The molecule has 0 aromatic heterocycles. The van der Waals surface area contributed by atoms with Crippen molar-refractivity contribution in [1.82, 2.24) is 9.62 Å². The predicted octanol–water partition coefficient (Wildman–Crippen LogP) is 3.31. The molecule has 1 saturated heterocycles. The van der Waals surface area contributed by atoms with Gasteiger partial charge < -0.3 is 9.47 Å². The van der Waals surface area contributed by atoms with E-state index in [0.29, 0.717) is 29.7 Å². The Balaban J connectivity index is 1.23. The zero-order chi connectivity index (χ0) is 21.1. The van der Waals surface area contributed by atoms with Gasteiger partial charge in [-0.2, -0.15) is 0 Å². The molecule has 2 aromatic rings. The van der Waals surface area contributed by atoms with E-state index >= 15 is 0 Å². The third-order valence-corrected chi connectivity index (χ3v) is 7.15. The summed E-state index contributed by atoms with van der Waals surface area (Å²) in [7, 11) is -3.62. The molecule has 30 heavy (non-hydrogen) atoms. The highest BCUT2D eigenvalue weighted by Crippen LogP contribution is 2.34. The quantitative estimate of drug-likeness (QED) is 0.725. The van der Waals surface area contributed by atoms with E-state index in [1.807, 2.05) is 6.07 Å². The second kappa shape index (κ2) is 9.09. The highest BCUT2D eigenvalue weighted by molar-refractivity contribution is 7.89. The van der Waals surface area contributed by atoms with Crippen LogP contribution in [0, 0.1) is 11.7 Å². The maximum Gasteiger partial charge on any atom is 0.240 e. The number of rotatable bonds is 6. The van der Waals surface area contributed by atoms with Crippen molar-refractivity contribution < 1.29 is 22.3 Å². The molecule has 2 aliphatic rings. The highest BCUT2D eigenvalue weighted by atomic mass is 35.5. The van der Waals surface area contributed by atoms with Crippen LogP contribution < -0.4 is 14.2 Å². The van der Waals surface area contributed by atoms with Crippen LogP contribution in [0.5, 0.6) is 11.5 Å². The van der Waals surface area contributed by atoms with E-state index in [4.69, 9.17) is 21.1 Å². The van der Waals surface area contributed by atoms with Gasteiger partial charge in [-0.3, -0.25) is 4.90 Å². The molecule has 0 amide bonds. The first kappa shape index (κ1) is 21.4. The van der Waals surface area contributed by atoms with Crippen molar-refractivity contribution in [2.24, 2.45) is 5.92 Å². The van der Waals surface area contributed by atoms with Gasteiger partial charge in [0.25, 0.3) is 0 Å². The lowest BCUT2D eigenvalue weighted by Gasteiger charge is -2.35. The zero-order valence-electron chi connectivity index (χ0n) is 16.4. The maximum absolute atomic E-state index is 13.0. The molecule has 0 unspecified atom stereocenters. The lowest BCUT2D eigenvalue weighted by Crippen LogP contribution is -2.45. The molecule has 2 aliphatic heterocycles. The van der Waals surface area contributed by atoms with E-state index in [1.54, 1.807) is 12.1 Å². The van der Waals surface area contributed by atoms with Gasteiger partial charge >= 0.3 is 0 Å². The van der Waals surface area contributed by atoms with Crippen LogP contribution in [0.3, 0.4) is 0 Å². The maximum atomic E-state index is 13.0. The predicted molar refractivity (Wildman–Crippen MR) is 112 cm³/mol. The number of sulfonamides is 1. The van der Waals surface area contributed by atoms with Crippen molar-refractivity contribution in [3.05, 3.63) is 53.3 Å². The number of ether oxygens (including phenoxy) is 2. The Morgan fingerprint density at radius 3 is 2.57 bits per heavy atom. The first-order valence-corrected chi connectivity index (χ1v) is 11.8. The van der Waals surface area contributed by atoms with Crippen LogP contribution in [0.4, 0.5) is 4.39 Å². The third-order valence-electron chi connectivity index (χ3n) is 5.48. The van der Waals surface area contributed by atoms with Gasteiger partial charge in [0, 0.05) is 24.2 Å². The van der Waals surface area contributed by atoms with Crippen LogP contribution in [0.1, 0.15) is 12.8 Å². The van der Waals surface area contributed by atoms with Crippen LogP contribution in [0.25, 0.3) is 0 Å². The summed E-state index contributed by atoms with van der Waals surface area (Å²) in [5.41, 5.74) is 0. The molecule has 0 radical (unpaired) electrons. The summed E-state index contributed by atoms with van der Waals surface area (Å²) >= 11 is 6.03. The van der Waals surface area contributed by atoms with Crippen molar-refractivity contribution in [3.8, 4) is 11.5 Å². The molecular formula is C21H24ClFN2O4S. The van der Waals surface area contributed by atoms with Gasteiger partial charge in [0.1, 0.15) is 18.5 Å². The van der Waals surface area contributed by atoms with Crippen molar-refractivity contribution in [1.29, 1.82) is 0 Å². The summed E-state index contributed by atoms with van der Waals surface area (Å²) in [4.78, 5) is 2.39. The Bertz CT molecular complexity index is 979. The number of fused-ring (bicyclic) bond motifs is 1. The molecule has 9 heteroatoms. The standard InChI is InChI=1S/C21H24ClFN2O4S/c22-16-1-6-20-21(11-16)29-18(14-28-20)13-25-9-7-15(8-10-25)12-24-30(26,27)19-4-2-17(23)3-5-19/h1-6,11,15,18,24H,7-10,12-14H2/t18-/m0/s1. The zero-order valence-corrected chi connectivity index (χ0v) is 18.0. The number of nitrogens with zero attached hydrogens (tertiary/aromatic N) is 1. The Kier molecular flexibility index (Phi) is 6.48. The molecule has 0 aliphatic carbocycles. The van der Waals surface area contributed by atoms with Crippen LogP contribution in [0.2, 0.25) is 5.02 Å². The summed E-state index contributed by atoms with van der Waals surface area (Å²) < 4.78 is 52.2. The van der Waals surface area contributed by atoms with Crippen molar-refractivity contribution in [2.45, 2.75) is 23.8 Å². The Morgan fingerprint density at radius 2 is 1.83 bits per heavy atom. The molecule has 0 spiro atoms. The highest BCUT2D eigenvalue weighted by Gasteiger charge is 2.27. The summed E-state index contributed by atoms with van der Waals surface area (Å²) in [5, 5.41) is 0.613. The number of benzene rings is 2. The number of hydrogen-bond donors (Lipinski definition) is 1. The van der Waals surface area contributed by atoms with E-state index in [1.165, 1.54) is 12.1 Å². The lowest BCUT2D eigenvalue weighted by atomic mass is 9.97. The third kappa shape index (κ3) is 5.24. The van der Waals surface area contributed by atoms with Crippen LogP contribution >= 0.6 is 11.6 Å². The summed E-state index contributed by atoms with van der Waals surface area (Å²) in [6, 6.07) is 10.2. The lowest BCUT2D eigenvalue weighted by molar-refractivity contribution is 0.0481. The van der Waals surface area contributed by atoms with Gasteiger partial charge in [-0.1, -0.05) is 11.6 Å². The molecule has 1 atom stereocenters. The topological polar surface area (TPSA) is 67.9 Å². The van der Waals surface area contributed by atoms with E-state index in [0.717, 1.165) is 44.6 Å². The average molecular weight is 455 g/mol. The van der Waals surface area contributed by atoms with Crippen LogP contribution in [-0.2, 0) is 10.0 Å². The monoisotopic (exact) mass is 454 g/mol. The number of hydrogen-bond acceptors (Lipinski definition) is 5. The molecule has 2 heterocycles. The molecule has 162 valence electrons. The summed E-state index contributed by atoms with van der Waals surface area (Å²) in [6.45, 7) is 3.35. The second-order valence-corrected chi connectivity index (χ2v) is 9.90. The van der Waals surface area contributed by atoms with E-state index in [-0.39, 0.29) is 16.9 Å². The summed E-state index contributed by atoms with van der Waals surface area (Å²) in [5.74, 6) is 1.19. The molecule has 1 fully saturated rings. The Morgan fingerprint density at radius 1 is 1.10 bits per heavy atom. The minimum Gasteiger partial charge on any atom is -0.486 e. The van der Waals surface area contributed by atoms with Gasteiger partial charge in [-0.25, -0.2) is 17.5 Å². The minimum absolute atomic E-state index is 0.0653. The average Bonchev–Trinajstić information content (AvgIpc) is 2.73. The van der Waals surface area contributed by atoms with Gasteiger partial charge in [0.15, 0.2) is 11.5 Å². The second-order valence-electron chi connectivity index (χ2n) is 7.69. The molecule has 4 rings (SSSR count). The number of halogens is 2. The Hall–Kier alpha value is -1.87. The van der Waals surface area contributed by atoms with Gasteiger partial charge in [-0.15, -0.1) is 0 Å². The van der Waals surface area contributed by atoms with Crippen molar-refractivity contribution in [2.75, 3.05) is 32.8 Å². The SMILES string of the molecule is O=S(=O)(NCC1CCN(C[C@H]2COc3ccc(Cl)cc3O2)CC1)c1ccc(F)cc1. The van der Waals surface area contributed by atoms with Gasteiger partial charge in [0.05, 0.1) is 4.90 Å².